The maximum absolute atomic E-state index is 11.6. The first-order chi connectivity index (χ1) is 10.4. The highest BCUT2D eigenvalue weighted by Crippen LogP contribution is 2.17. The molecule has 0 unspecified atom stereocenters. The number of aromatic amines is 1. The highest BCUT2D eigenvalue weighted by molar-refractivity contribution is 6.31. The zero-order valence-electron chi connectivity index (χ0n) is 13.3. The molecule has 0 saturated heterocycles. The van der Waals surface area contributed by atoms with Crippen molar-refractivity contribution in [2.45, 2.75) is 32.7 Å². The lowest BCUT2D eigenvalue weighted by Gasteiger charge is -2.16. The topological polar surface area (TPSA) is 61.0 Å². The van der Waals surface area contributed by atoms with Gasteiger partial charge in [0, 0.05) is 37.0 Å². The van der Waals surface area contributed by atoms with Crippen LogP contribution in [-0.2, 0) is 11.2 Å². The van der Waals surface area contributed by atoms with Crippen molar-refractivity contribution < 1.29 is 4.79 Å². The van der Waals surface area contributed by atoms with E-state index in [0.29, 0.717) is 11.4 Å². The van der Waals surface area contributed by atoms with E-state index in [0.717, 1.165) is 36.4 Å². The van der Waals surface area contributed by atoms with Gasteiger partial charge in [-0.3, -0.25) is 4.79 Å². The molecule has 120 valence electrons. The van der Waals surface area contributed by atoms with Crippen LogP contribution in [0.4, 0.5) is 0 Å². The van der Waals surface area contributed by atoms with Crippen molar-refractivity contribution in [2.75, 3.05) is 20.1 Å². The number of likely N-dealkylation sites (N-methyl/N-ethyl adjacent to an activating group) is 1. The SMILES string of the molecule is CC(C)NC(=O)CCN(C)CCc1nc2ccc(Cl)cc2[nH]1. The van der Waals surface area contributed by atoms with Crippen molar-refractivity contribution in [2.24, 2.45) is 0 Å². The van der Waals surface area contributed by atoms with E-state index in [1.165, 1.54) is 0 Å². The number of hydrogen-bond donors (Lipinski definition) is 2. The quantitative estimate of drug-likeness (QED) is 0.823. The molecule has 1 aromatic heterocycles. The van der Waals surface area contributed by atoms with E-state index in [4.69, 9.17) is 11.6 Å². The fourth-order valence-electron chi connectivity index (χ4n) is 2.25. The van der Waals surface area contributed by atoms with Crippen LogP contribution in [0, 0.1) is 0 Å². The molecule has 2 N–H and O–H groups in total. The molecule has 22 heavy (non-hydrogen) atoms. The summed E-state index contributed by atoms with van der Waals surface area (Å²) >= 11 is 5.97. The first-order valence-electron chi connectivity index (χ1n) is 7.56. The standard InChI is InChI=1S/C16H23ClN4O/c1-11(2)18-16(22)7-9-21(3)8-6-15-19-13-5-4-12(17)10-14(13)20-15/h4-5,10-11H,6-9H2,1-3H3,(H,18,22)(H,19,20). The second kappa shape index (κ2) is 7.61. The summed E-state index contributed by atoms with van der Waals surface area (Å²) in [4.78, 5) is 21.6. The summed E-state index contributed by atoms with van der Waals surface area (Å²) in [5.41, 5.74) is 1.89. The molecular weight excluding hydrogens is 300 g/mol. The largest absolute Gasteiger partial charge is 0.354 e. The van der Waals surface area contributed by atoms with E-state index in [9.17, 15) is 4.79 Å². The van der Waals surface area contributed by atoms with Crippen LogP contribution in [0.5, 0.6) is 0 Å². The number of amides is 1. The van der Waals surface area contributed by atoms with Crippen molar-refractivity contribution in [1.82, 2.24) is 20.2 Å². The molecule has 0 aliphatic carbocycles. The molecule has 1 amide bonds. The maximum atomic E-state index is 11.6. The molecule has 0 aliphatic rings. The van der Waals surface area contributed by atoms with Gasteiger partial charge < -0.3 is 15.2 Å². The molecule has 0 aliphatic heterocycles. The van der Waals surface area contributed by atoms with Gasteiger partial charge in [-0.2, -0.15) is 0 Å². The predicted octanol–water partition coefficient (Wildman–Crippen LogP) is 2.61. The fraction of sp³-hybridized carbons (Fsp3) is 0.500. The minimum absolute atomic E-state index is 0.0974. The number of carbonyl (C=O) groups excluding carboxylic acids is 1. The van der Waals surface area contributed by atoms with Crippen LogP contribution in [0.1, 0.15) is 26.1 Å². The highest BCUT2D eigenvalue weighted by atomic mass is 35.5. The summed E-state index contributed by atoms with van der Waals surface area (Å²) in [5.74, 6) is 1.04. The van der Waals surface area contributed by atoms with Crippen LogP contribution in [0.2, 0.25) is 5.02 Å². The third kappa shape index (κ3) is 5.00. The highest BCUT2D eigenvalue weighted by Gasteiger charge is 2.08. The van der Waals surface area contributed by atoms with Crippen LogP contribution in [-0.4, -0.2) is 47.0 Å². The van der Waals surface area contributed by atoms with E-state index in [2.05, 4.69) is 20.2 Å². The van der Waals surface area contributed by atoms with E-state index >= 15 is 0 Å². The number of rotatable bonds is 7. The average molecular weight is 323 g/mol. The van der Waals surface area contributed by atoms with Crippen LogP contribution >= 0.6 is 11.6 Å². The van der Waals surface area contributed by atoms with Gasteiger partial charge in [0.2, 0.25) is 5.91 Å². The third-order valence-corrected chi connectivity index (χ3v) is 3.63. The van der Waals surface area contributed by atoms with Gasteiger partial charge in [-0.1, -0.05) is 11.6 Å². The molecule has 0 saturated carbocycles. The smallest absolute Gasteiger partial charge is 0.221 e. The number of fused-ring (bicyclic) bond motifs is 1. The number of nitrogens with zero attached hydrogens (tertiary/aromatic N) is 2. The zero-order valence-corrected chi connectivity index (χ0v) is 14.1. The number of benzene rings is 1. The van der Waals surface area contributed by atoms with Crippen LogP contribution in [0.15, 0.2) is 18.2 Å². The lowest BCUT2D eigenvalue weighted by atomic mass is 10.3. The summed E-state index contributed by atoms with van der Waals surface area (Å²) < 4.78 is 0. The molecule has 2 aromatic rings. The lowest BCUT2D eigenvalue weighted by molar-refractivity contribution is -0.121. The molecule has 1 heterocycles. The number of carbonyl (C=O) groups is 1. The molecule has 6 heteroatoms. The Kier molecular flexibility index (Phi) is 5.80. The predicted molar refractivity (Wildman–Crippen MR) is 90.2 cm³/mol. The summed E-state index contributed by atoms with van der Waals surface area (Å²) in [5, 5.41) is 3.60. The monoisotopic (exact) mass is 322 g/mol. The van der Waals surface area contributed by atoms with Gasteiger partial charge in [-0.15, -0.1) is 0 Å². The minimum Gasteiger partial charge on any atom is -0.354 e. The summed E-state index contributed by atoms with van der Waals surface area (Å²) in [7, 11) is 2.02. The van der Waals surface area contributed by atoms with Crippen molar-refractivity contribution in [3.63, 3.8) is 0 Å². The summed E-state index contributed by atoms with van der Waals surface area (Å²) in [6, 6.07) is 5.83. The van der Waals surface area contributed by atoms with Crippen molar-refractivity contribution in [3.05, 3.63) is 29.0 Å². The van der Waals surface area contributed by atoms with E-state index < -0.39 is 0 Å². The van der Waals surface area contributed by atoms with Gasteiger partial charge >= 0.3 is 0 Å². The van der Waals surface area contributed by atoms with Gasteiger partial charge in [-0.05, 0) is 39.1 Å². The molecule has 5 nitrogen and oxygen atoms in total. The van der Waals surface area contributed by atoms with Gasteiger partial charge in [0.15, 0.2) is 0 Å². The molecule has 2 rings (SSSR count). The Balaban J connectivity index is 1.79. The first-order valence-corrected chi connectivity index (χ1v) is 7.94. The zero-order chi connectivity index (χ0) is 16.1. The molecule has 0 fully saturated rings. The Morgan fingerprint density at radius 1 is 1.41 bits per heavy atom. The number of imidazole rings is 1. The molecular formula is C16H23ClN4O. The van der Waals surface area contributed by atoms with Gasteiger partial charge in [0.05, 0.1) is 11.0 Å². The summed E-state index contributed by atoms with van der Waals surface area (Å²) in [6.07, 6.45) is 1.33. The number of halogens is 1. The van der Waals surface area contributed by atoms with Crippen molar-refractivity contribution in [1.29, 1.82) is 0 Å². The number of nitrogens with one attached hydrogen (secondary N) is 2. The molecule has 0 radical (unpaired) electrons. The Hall–Kier alpha value is -1.59. The van der Waals surface area contributed by atoms with E-state index in [1.54, 1.807) is 0 Å². The van der Waals surface area contributed by atoms with Gasteiger partial charge in [-0.25, -0.2) is 4.98 Å². The van der Waals surface area contributed by atoms with Crippen LogP contribution in [0.25, 0.3) is 11.0 Å². The van der Waals surface area contributed by atoms with Crippen molar-refractivity contribution in [3.8, 4) is 0 Å². The molecule has 0 bridgehead atoms. The fourth-order valence-corrected chi connectivity index (χ4v) is 2.42. The second-order valence-electron chi connectivity index (χ2n) is 5.87. The molecule has 1 aromatic carbocycles. The number of H-pyrrole nitrogens is 1. The summed E-state index contributed by atoms with van der Waals surface area (Å²) in [6.45, 7) is 5.53. The van der Waals surface area contributed by atoms with E-state index in [-0.39, 0.29) is 11.9 Å². The van der Waals surface area contributed by atoms with Crippen LogP contribution < -0.4 is 5.32 Å². The Morgan fingerprint density at radius 2 is 2.18 bits per heavy atom. The Labute approximate surface area is 136 Å². The molecule has 0 spiro atoms. The first kappa shape index (κ1) is 16.8. The average Bonchev–Trinajstić information content (AvgIpc) is 2.84. The van der Waals surface area contributed by atoms with Gasteiger partial charge in [0.1, 0.15) is 5.82 Å². The normalized spacial score (nSPS) is 11.5. The van der Waals surface area contributed by atoms with Gasteiger partial charge in [0.25, 0.3) is 0 Å². The van der Waals surface area contributed by atoms with E-state index in [1.807, 2.05) is 39.1 Å². The molecule has 0 atom stereocenters. The Morgan fingerprint density at radius 3 is 2.91 bits per heavy atom. The second-order valence-corrected chi connectivity index (χ2v) is 6.31. The third-order valence-electron chi connectivity index (χ3n) is 3.39. The number of aromatic nitrogens is 2. The maximum Gasteiger partial charge on any atom is 0.221 e. The van der Waals surface area contributed by atoms with Crippen LogP contribution in [0.3, 0.4) is 0 Å². The Bertz CT molecular complexity index is 638. The van der Waals surface area contributed by atoms with Crippen molar-refractivity contribution >= 4 is 28.5 Å². The lowest BCUT2D eigenvalue weighted by Crippen LogP contribution is -2.33. The number of hydrogen-bond acceptors (Lipinski definition) is 3. The minimum atomic E-state index is 0.0974.